The zero-order valence-corrected chi connectivity index (χ0v) is 9.38. The molecular formula is C11H11ClN2O2. The van der Waals surface area contributed by atoms with Gasteiger partial charge in [-0.05, 0) is 43.4 Å². The molecule has 0 bridgehead atoms. The van der Waals surface area contributed by atoms with E-state index in [9.17, 15) is 4.79 Å². The highest BCUT2D eigenvalue weighted by Crippen LogP contribution is 2.29. The number of carbonyl (C=O) groups is 1. The van der Waals surface area contributed by atoms with E-state index in [-0.39, 0.29) is 16.7 Å². The molecule has 1 aromatic heterocycles. The maximum absolute atomic E-state index is 11.8. The van der Waals surface area contributed by atoms with Crippen molar-refractivity contribution in [2.45, 2.75) is 31.2 Å². The molecule has 0 unspecified atom stereocenters. The van der Waals surface area contributed by atoms with Crippen molar-refractivity contribution in [2.75, 3.05) is 0 Å². The van der Waals surface area contributed by atoms with E-state index in [4.69, 9.17) is 21.3 Å². The van der Waals surface area contributed by atoms with Crippen LogP contribution in [0.4, 0.5) is 0 Å². The lowest BCUT2D eigenvalue weighted by atomic mass is 9.99. The van der Waals surface area contributed by atoms with Crippen LogP contribution in [0, 0.1) is 11.3 Å². The van der Waals surface area contributed by atoms with Crippen LogP contribution < -0.4 is 5.32 Å². The molecule has 1 aliphatic rings. The summed E-state index contributed by atoms with van der Waals surface area (Å²) < 4.78 is 4.84. The van der Waals surface area contributed by atoms with Gasteiger partial charge in [0.1, 0.15) is 5.54 Å². The molecule has 0 spiro atoms. The van der Waals surface area contributed by atoms with Crippen LogP contribution >= 0.6 is 11.6 Å². The van der Waals surface area contributed by atoms with Crippen molar-refractivity contribution < 1.29 is 9.21 Å². The first-order chi connectivity index (χ1) is 7.67. The number of hydrogen-bond acceptors (Lipinski definition) is 3. The van der Waals surface area contributed by atoms with Gasteiger partial charge in [-0.2, -0.15) is 5.26 Å². The van der Waals surface area contributed by atoms with Crippen molar-refractivity contribution in [3.63, 3.8) is 0 Å². The summed E-state index contributed by atoms with van der Waals surface area (Å²) in [6, 6.07) is 3.68. The number of nitrogens with one attached hydrogen (secondary N) is 1. The quantitative estimate of drug-likeness (QED) is 0.861. The molecule has 0 atom stereocenters. The average Bonchev–Trinajstić information content (AvgIpc) is 2.87. The first-order valence-electron chi connectivity index (χ1n) is 5.14. The molecule has 1 heterocycles. The maximum Gasteiger partial charge on any atom is 0.257 e. The number of nitrogens with zero attached hydrogens (tertiary/aromatic N) is 1. The first kappa shape index (κ1) is 11.0. The summed E-state index contributed by atoms with van der Waals surface area (Å²) in [5.41, 5.74) is -0.444. The fraction of sp³-hybridized carbons (Fsp3) is 0.455. The smallest absolute Gasteiger partial charge is 0.257 e. The van der Waals surface area contributed by atoms with Gasteiger partial charge in [0.05, 0.1) is 17.9 Å². The van der Waals surface area contributed by atoms with Gasteiger partial charge in [0.2, 0.25) is 5.22 Å². The topological polar surface area (TPSA) is 66.0 Å². The minimum atomic E-state index is -0.725. The lowest BCUT2D eigenvalue weighted by molar-refractivity contribution is 0.0920. The summed E-state index contributed by atoms with van der Waals surface area (Å²) in [5.74, 6) is -0.345. The summed E-state index contributed by atoms with van der Waals surface area (Å²) in [6.07, 6.45) is 4.68. The van der Waals surface area contributed by atoms with Gasteiger partial charge in [0, 0.05) is 0 Å². The highest BCUT2D eigenvalue weighted by molar-refractivity contribution is 6.32. The predicted octanol–water partition coefficient (Wildman–Crippen LogP) is 2.50. The Morgan fingerprint density at radius 1 is 1.56 bits per heavy atom. The molecule has 84 valence electrons. The lowest BCUT2D eigenvalue weighted by Gasteiger charge is -2.21. The van der Waals surface area contributed by atoms with Gasteiger partial charge in [0.15, 0.2) is 0 Å². The van der Waals surface area contributed by atoms with Crippen molar-refractivity contribution >= 4 is 17.5 Å². The van der Waals surface area contributed by atoms with E-state index >= 15 is 0 Å². The third kappa shape index (κ3) is 1.91. The summed E-state index contributed by atoms with van der Waals surface area (Å²) in [5, 5.41) is 11.9. The molecule has 0 radical (unpaired) electrons. The number of rotatable bonds is 2. The minimum absolute atomic E-state index is 0.0589. The molecule has 16 heavy (non-hydrogen) atoms. The predicted molar refractivity (Wildman–Crippen MR) is 58.0 cm³/mol. The molecule has 2 rings (SSSR count). The molecule has 0 aromatic carbocycles. The van der Waals surface area contributed by atoms with Crippen LogP contribution in [0.5, 0.6) is 0 Å². The number of furan rings is 1. The number of carbonyl (C=O) groups excluding carboxylic acids is 1. The van der Waals surface area contributed by atoms with E-state index in [1.165, 1.54) is 12.3 Å². The second-order valence-electron chi connectivity index (χ2n) is 3.96. The zero-order valence-electron chi connectivity index (χ0n) is 8.62. The molecule has 1 fully saturated rings. The van der Waals surface area contributed by atoms with Crippen LogP contribution in [-0.2, 0) is 0 Å². The molecule has 0 saturated heterocycles. The number of amides is 1. The fourth-order valence-corrected chi connectivity index (χ4v) is 2.18. The minimum Gasteiger partial charge on any atom is -0.452 e. The maximum atomic E-state index is 11.8. The van der Waals surface area contributed by atoms with E-state index < -0.39 is 5.54 Å². The molecule has 1 amide bonds. The molecule has 1 N–H and O–H groups in total. The highest BCUT2D eigenvalue weighted by atomic mass is 35.5. The van der Waals surface area contributed by atoms with E-state index in [2.05, 4.69) is 11.4 Å². The van der Waals surface area contributed by atoms with Crippen LogP contribution in [0.15, 0.2) is 16.7 Å². The zero-order chi connectivity index (χ0) is 11.6. The molecule has 1 aliphatic carbocycles. The van der Waals surface area contributed by atoms with Crippen LogP contribution in [-0.4, -0.2) is 11.4 Å². The van der Waals surface area contributed by atoms with E-state index in [1.807, 2.05) is 0 Å². The summed E-state index contributed by atoms with van der Waals surface area (Å²) in [7, 11) is 0. The Bertz CT molecular complexity index is 441. The lowest BCUT2D eigenvalue weighted by Crippen LogP contribution is -2.45. The Kier molecular flexibility index (Phi) is 2.88. The normalized spacial score (nSPS) is 18.0. The van der Waals surface area contributed by atoms with Crippen molar-refractivity contribution in [3.05, 3.63) is 23.1 Å². The van der Waals surface area contributed by atoms with Crippen molar-refractivity contribution in [1.82, 2.24) is 5.32 Å². The van der Waals surface area contributed by atoms with Crippen LogP contribution in [0.1, 0.15) is 36.0 Å². The van der Waals surface area contributed by atoms with E-state index in [1.54, 1.807) is 0 Å². The molecular weight excluding hydrogens is 228 g/mol. The van der Waals surface area contributed by atoms with Crippen LogP contribution in [0.2, 0.25) is 5.22 Å². The van der Waals surface area contributed by atoms with Crippen molar-refractivity contribution in [2.24, 2.45) is 0 Å². The standard InChI is InChI=1S/C11H11ClN2O2/c12-9-8(3-6-16-9)10(15)14-11(7-13)4-1-2-5-11/h3,6H,1-2,4-5H2,(H,14,15). The molecule has 0 aliphatic heterocycles. The van der Waals surface area contributed by atoms with Gasteiger partial charge in [-0.1, -0.05) is 0 Å². The Hall–Kier alpha value is -1.47. The second kappa shape index (κ2) is 4.18. The largest absolute Gasteiger partial charge is 0.452 e. The van der Waals surface area contributed by atoms with Crippen molar-refractivity contribution in [3.8, 4) is 6.07 Å². The fourth-order valence-electron chi connectivity index (χ4n) is 1.98. The summed E-state index contributed by atoms with van der Waals surface area (Å²) >= 11 is 5.70. The molecule has 4 nitrogen and oxygen atoms in total. The van der Waals surface area contributed by atoms with Crippen LogP contribution in [0.25, 0.3) is 0 Å². The van der Waals surface area contributed by atoms with Gasteiger partial charge in [0.25, 0.3) is 5.91 Å². The van der Waals surface area contributed by atoms with Crippen LogP contribution in [0.3, 0.4) is 0 Å². The Balaban J connectivity index is 2.13. The summed E-state index contributed by atoms with van der Waals surface area (Å²) in [6.45, 7) is 0. The SMILES string of the molecule is N#CC1(NC(=O)c2ccoc2Cl)CCCC1. The van der Waals surface area contributed by atoms with Gasteiger partial charge in [-0.25, -0.2) is 0 Å². The molecule has 5 heteroatoms. The number of nitriles is 1. The number of halogens is 1. The summed E-state index contributed by atoms with van der Waals surface area (Å²) in [4.78, 5) is 11.8. The van der Waals surface area contributed by atoms with Gasteiger partial charge < -0.3 is 9.73 Å². The van der Waals surface area contributed by atoms with Gasteiger partial charge >= 0.3 is 0 Å². The third-order valence-electron chi connectivity index (χ3n) is 2.89. The Morgan fingerprint density at radius 2 is 2.25 bits per heavy atom. The third-order valence-corrected chi connectivity index (χ3v) is 3.18. The number of hydrogen-bond donors (Lipinski definition) is 1. The van der Waals surface area contributed by atoms with Gasteiger partial charge in [-0.15, -0.1) is 0 Å². The second-order valence-corrected chi connectivity index (χ2v) is 4.31. The average molecular weight is 239 g/mol. The first-order valence-corrected chi connectivity index (χ1v) is 5.51. The monoisotopic (exact) mass is 238 g/mol. The van der Waals surface area contributed by atoms with E-state index in [0.29, 0.717) is 12.8 Å². The molecule has 1 aromatic rings. The highest BCUT2D eigenvalue weighted by Gasteiger charge is 2.36. The molecule has 1 saturated carbocycles. The van der Waals surface area contributed by atoms with Crippen molar-refractivity contribution in [1.29, 1.82) is 5.26 Å². The van der Waals surface area contributed by atoms with E-state index in [0.717, 1.165) is 12.8 Å². The Morgan fingerprint density at radius 3 is 2.75 bits per heavy atom. The van der Waals surface area contributed by atoms with Gasteiger partial charge in [-0.3, -0.25) is 4.79 Å². The Labute approximate surface area is 98.2 Å².